The summed E-state index contributed by atoms with van der Waals surface area (Å²) in [5, 5.41) is 11.3. The Bertz CT molecular complexity index is 1330. The van der Waals surface area contributed by atoms with Crippen molar-refractivity contribution in [3.8, 4) is 11.8 Å². The highest BCUT2D eigenvalue weighted by Gasteiger charge is 2.10. The van der Waals surface area contributed by atoms with Crippen LogP contribution in [-0.4, -0.2) is 29.0 Å². The van der Waals surface area contributed by atoms with Crippen LogP contribution >= 0.6 is 0 Å². The summed E-state index contributed by atoms with van der Waals surface area (Å²) in [4.78, 5) is 28.4. The number of hydrogen-bond acceptors (Lipinski definition) is 3. The fraction of sp³-hybridized carbons (Fsp3) is 0.0741. The summed E-state index contributed by atoms with van der Waals surface area (Å²) in [5.74, 6) is 5.00. The number of anilines is 1. The van der Waals surface area contributed by atoms with E-state index >= 15 is 0 Å². The molecule has 3 aromatic carbocycles. The molecule has 0 aliphatic rings. The number of amides is 1. The highest BCUT2D eigenvalue weighted by atomic mass is 16.4. The zero-order chi connectivity index (χ0) is 22.3. The summed E-state index contributed by atoms with van der Waals surface area (Å²) in [6.45, 7) is 0.519. The van der Waals surface area contributed by atoms with Crippen LogP contribution in [0.15, 0.2) is 85.1 Å². The zero-order valence-electron chi connectivity index (χ0n) is 17.2. The number of carbonyl (C=O) groups is 2. The first-order valence-electron chi connectivity index (χ1n) is 10.1. The summed E-state index contributed by atoms with van der Waals surface area (Å²) in [6, 6.07) is 24.9. The van der Waals surface area contributed by atoms with Gasteiger partial charge in [-0.05, 0) is 47.0 Å². The van der Waals surface area contributed by atoms with Gasteiger partial charge >= 0.3 is 5.97 Å². The Kier molecular flexibility index (Phi) is 6.24. The lowest BCUT2D eigenvalue weighted by molar-refractivity contribution is -0.107. The molecule has 1 N–H and O–H groups in total. The number of pyridine rings is 1. The zero-order valence-corrected chi connectivity index (χ0v) is 17.2. The van der Waals surface area contributed by atoms with E-state index in [4.69, 9.17) is 5.11 Å². The van der Waals surface area contributed by atoms with Crippen molar-refractivity contribution < 1.29 is 14.7 Å². The molecule has 0 radical (unpaired) electrons. The number of carboxylic acid groups (broad SMARTS) is 1. The molecule has 0 saturated heterocycles. The van der Waals surface area contributed by atoms with Crippen LogP contribution in [-0.2, 0) is 11.2 Å². The second-order valence-electron chi connectivity index (χ2n) is 7.19. The maximum atomic E-state index is 11.9. The highest BCUT2D eigenvalue weighted by molar-refractivity contribution is 5.86. The van der Waals surface area contributed by atoms with Gasteiger partial charge in [-0.15, -0.1) is 0 Å². The van der Waals surface area contributed by atoms with Gasteiger partial charge in [-0.3, -0.25) is 4.79 Å². The lowest BCUT2D eigenvalue weighted by Gasteiger charge is -2.19. The first kappa shape index (κ1) is 20.8. The summed E-state index contributed by atoms with van der Waals surface area (Å²) >= 11 is 0. The third-order valence-electron chi connectivity index (χ3n) is 5.17. The third kappa shape index (κ3) is 4.66. The molecular formula is C27H20N2O3. The van der Waals surface area contributed by atoms with Gasteiger partial charge in [0.15, 0.2) is 0 Å². The van der Waals surface area contributed by atoms with Crippen molar-refractivity contribution >= 4 is 28.8 Å². The van der Waals surface area contributed by atoms with E-state index in [2.05, 4.69) is 41.1 Å². The number of nitrogens with zero attached hydrogens (tertiary/aromatic N) is 2. The largest absolute Gasteiger partial charge is 0.477 e. The molecule has 0 aliphatic carbocycles. The molecule has 0 atom stereocenters. The Morgan fingerprint density at radius 3 is 2.50 bits per heavy atom. The second-order valence-corrected chi connectivity index (χ2v) is 7.19. The van der Waals surface area contributed by atoms with Gasteiger partial charge in [-0.1, -0.05) is 66.4 Å². The maximum Gasteiger partial charge on any atom is 0.354 e. The van der Waals surface area contributed by atoms with E-state index in [0.717, 1.165) is 12.1 Å². The molecule has 0 bridgehead atoms. The fourth-order valence-corrected chi connectivity index (χ4v) is 3.54. The molecule has 1 amide bonds. The van der Waals surface area contributed by atoms with Crippen molar-refractivity contribution in [3.05, 3.63) is 107 Å². The molecule has 4 aromatic rings. The van der Waals surface area contributed by atoms with E-state index in [1.54, 1.807) is 11.0 Å². The Hall–Kier alpha value is -4.43. The molecule has 0 aliphatic heterocycles. The van der Waals surface area contributed by atoms with E-state index < -0.39 is 5.97 Å². The Morgan fingerprint density at radius 2 is 1.72 bits per heavy atom. The first-order chi connectivity index (χ1) is 15.7. The summed E-state index contributed by atoms with van der Waals surface area (Å²) in [5.41, 5.74) is 3.18. The van der Waals surface area contributed by atoms with Gasteiger partial charge in [-0.25, -0.2) is 9.78 Å². The predicted octanol–water partition coefficient (Wildman–Crippen LogP) is 4.54. The summed E-state index contributed by atoms with van der Waals surface area (Å²) < 4.78 is 0. The molecular weight excluding hydrogens is 400 g/mol. The van der Waals surface area contributed by atoms with Crippen LogP contribution in [0.3, 0.4) is 0 Å². The number of carbonyl (C=O) groups excluding carboxylic acids is 1. The molecule has 156 valence electrons. The minimum Gasteiger partial charge on any atom is -0.477 e. The molecule has 0 fully saturated rings. The summed E-state index contributed by atoms with van der Waals surface area (Å²) in [7, 11) is 0. The molecule has 4 rings (SSSR count). The topological polar surface area (TPSA) is 70.5 Å². The molecule has 5 heteroatoms. The smallest absolute Gasteiger partial charge is 0.354 e. The molecule has 0 unspecified atom stereocenters. The van der Waals surface area contributed by atoms with Crippen molar-refractivity contribution in [1.82, 2.24) is 4.98 Å². The molecule has 1 heterocycles. The van der Waals surface area contributed by atoms with E-state index in [9.17, 15) is 9.59 Å². The Morgan fingerprint density at radius 1 is 0.938 bits per heavy atom. The van der Waals surface area contributed by atoms with Crippen LogP contribution < -0.4 is 4.90 Å². The normalized spacial score (nSPS) is 10.2. The van der Waals surface area contributed by atoms with Crippen molar-refractivity contribution in [3.63, 3.8) is 0 Å². The monoisotopic (exact) mass is 420 g/mol. The van der Waals surface area contributed by atoms with Crippen molar-refractivity contribution in [2.75, 3.05) is 11.4 Å². The lowest BCUT2D eigenvalue weighted by atomic mass is 10.0. The Balaban J connectivity index is 1.56. The van der Waals surface area contributed by atoms with Gasteiger partial charge in [0.1, 0.15) is 5.69 Å². The van der Waals surface area contributed by atoms with Gasteiger partial charge in [0.2, 0.25) is 6.41 Å². The van der Waals surface area contributed by atoms with Gasteiger partial charge in [-0.2, -0.15) is 0 Å². The minimum atomic E-state index is -1.08. The predicted molar refractivity (Wildman–Crippen MR) is 125 cm³/mol. The summed E-state index contributed by atoms with van der Waals surface area (Å²) in [6.07, 6.45) is 2.97. The van der Waals surface area contributed by atoms with Gasteiger partial charge in [0, 0.05) is 23.9 Å². The van der Waals surface area contributed by atoms with Gasteiger partial charge in [0.25, 0.3) is 0 Å². The van der Waals surface area contributed by atoms with Crippen LogP contribution in [0.1, 0.15) is 27.2 Å². The van der Waals surface area contributed by atoms with Gasteiger partial charge in [0.05, 0.1) is 5.69 Å². The quantitative estimate of drug-likeness (QED) is 0.367. The molecule has 1 aromatic heterocycles. The van der Waals surface area contributed by atoms with Crippen molar-refractivity contribution in [1.29, 1.82) is 0 Å². The molecule has 32 heavy (non-hydrogen) atoms. The number of hydrogen-bond donors (Lipinski definition) is 1. The highest BCUT2D eigenvalue weighted by Crippen LogP contribution is 2.22. The minimum absolute atomic E-state index is 0.0310. The number of carboxylic acids is 1. The number of rotatable bonds is 6. The van der Waals surface area contributed by atoms with Crippen LogP contribution in [0, 0.1) is 11.8 Å². The number of benzene rings is 3. The van der Waals surface area contributed by atoms with Crippen LogP contribution in [0.25, 0.3) is 10.8 Å². The van der Waals surface area contributed by atoms with E-state index in [1.807, 2.05) is 42.5 Å². The van der Waals surface area contributed by atoms with Crippen LogP contribution in [0.5, 0.6) is 0 Å². The third-order valence-corrected chi connectivity index (χ3v) is 5.17. The average molecular weight is 420 g/mol. The van der Waals surface area contributed by atoms with E-state index in [0.29, 0.717) is 24.1 Å². The number of para-hydroxylation sites is 1. The number of fused-ring (bicyclic) bond motifs is 1. The van der Waals surface area contributed by atoms with Crippen LogP contribution in [0.2, 0.25) is 0 Å². The second kappa shape index (κ2) is 9.59. The lowest BCUT2D eigenvalue weighted by Crippen LogP contribution is -2.24. The molecule has 0 saturated carbocycles. The fourth-order valence-electron chi connectivity index (χ4n) is 3.54. The van der Waals surface area contributed by atoms with Gasteiger partial charge < -0.3 is 10.0 Å². The Labute approximate surface area is 186 Å². The standard InChI is InChI=1S/C27H20N2O3/c30-19-29(17-16-22-9-5-8-21-6-1-3-10-24(21)22)26-11-4-2-7-23(26)14-12-20-13-15-25(27(31)32)28-18-20/h1-11,13,15,18-19H,16-17H2,(H,31,32). The van der Waals surface area contributed by atoms with E-state index in [-0.39, 0.29) is 5.69 Å². The number of aromatic carboxylic acids is 1. The molecule has 5 nitrogen and oxygen atoms in total. The van der Waals surface area contributed by atoms with E-state index in [1.165, 1.54) is 28.6 Å². The average Bonchev–Trinajstić information content (AvgIpc) is 2.84. The van der Waals surface area contributed by atoms with Crippen LogP contribution in [0.4, 0.5) is 5.69 Å². The van der Waals surface area contributed by atoms with Crippen molar-refractivity contribution in [2.24, 2.45) is 0 Å². The molecule has 0 spiro atoms. The SMILES string of the molecule is O=CN(CCc1cccc2ccccc12)c1ccccc1C#Cc1ccc(C(=O)O)nc1. The van der Waals surface area contributed by atoms with Crippen molar-refractivity contribution in [2.45, 2.75) is 6.42 Å². The maximum absolute atomic E-state index is 11.9. The number of aromatic nitrogens is 1. The first-order valence-corrected chi connectivity index (χ1v) is 10.1.